The van der Waals surface area contributed by atoms with Crippen molar-refractivity contribution in [1.82, 2.24) is 10.2 Å². The number of hydrogen-bond donors (Lipinski definition) is 1. The fraction of sp³-hybridized carbons (Fsp3) is 0.417. The molecule has 3 rings (SSSR count). The lowest BCUT2D eigenvalue weighted by atomic mass is 10.0. The Morgan fingerprint density at radius 3 is 2.23 bits per heavy atom. The van der Waals surface area contributed by atoms with Crippen LogP contribution in [-0.4, -0.2) is 48.9 Å². The zero-order valence-corrected chi connectivity index (χ0v) is 18.7. The Morgan fingerprint density at radius 2 is 1.63 bits per heavy atom. The highest BCUT2D eigenvalue weighted by Crippen LogP contribution is 2.21. The van der Waals surface area contributed by atoms with E-state index in [0.717, 1.165) is 13.1 Å². The van der Waals surface area contributed by atoms with Crippen LogP contribution in [0, 0.1) is 12.8 Å². The third-order valence-corrected chi connectivity index (χ3v) is 5.72. The van der Waals surface area contributed by atoms with E-state index in [1.807, 2.05) is 17.0 Å². The van der Waals surface area contributed by atoms with Crippen molar-refractivity contribution in [3.8, 4) is 0 Å². The number of amides is 2. The van der Waals surface area contributed by atoms with Gasteiger partial charge in [0.15, 0.2) is 0 Å². The van der Waals surface area contributed by atoms with Gasteiger partial charge in [-0.15, -0.1) is 0 Å². The normalized spacial score (nSPS) is 15.2. The molecule has 6 heteroatoms. The maximum absolute atomic E-state index is 13.2. The van der Waals surface area contributed by atoms with Crippen LogP contribution >= 0.6 is 11.6 Å². The molecule has 0 spiro atoms. The minimum absolute atomic E-state index is 0.00422. The summed E-state index contributed by atoms with van der Waals surface area (Å²) in [6.07, 6.45) is 0.607. The molecule has 2 aromatic carbocycles. The minimum atomic E-state index is -0.529. The average Bonchev–Trinajstić information content (AvgIpc) is 2.73. The van der Waals surface area contributed by atoms with Crippen LogP contribution in [0.15, 0.2) is 48.5 Å². The first-order valence-corrected chi connectivity index (χ1v) is 10.9. The molecule has 30 heavy (non-hydrogen) atoms. The van der Waals surface area contributed by atoms with Gasteiger partial charge in [0.25, 0.3) is 5.91 Å². The third kappa shape index (κ3) is 5.54. The van der Waals surface area contributed by atoms with E-state index in [1.54, 1.807) is 24.3 Å². The van der Waals surface area contributed by atoms with Crippen molar-refractivity contribution in [1.29, 1.82) is 0 Å². The van der Waals surface area contributed by atoms with Crippen molar-refractivity contribution in [2.24, 2.45) is 5.92 Å². The van der Waals surface area contributed by atoms with Crippen LogP contribution < -0.4 is 10.2 Å². The number of anilines is 1. The van der Waals surface area contributed by atoms with E-state index in [2.05, 4.69) is 43.1 Å². The van der Waals surface area contributed by atoms with Gasteiger partial charge in [-0.1, -0.05) is 43.6 Å². The summed E-state index contributed by atoms with van der Waals surface area (Å²) in [6.45, 7) is 9.11. The molecule has 1 fully saturated rings. The molecular weight excluding hydrogens is 398 g/mol. The summed E-state index contributed by atoms with van der Waals surface area (Å²) < 4.78 is 0. The first kappa shape index (κ1) is 22.2. The zero-order valence-electron chi connectivity index (χ0n) is 17.9. The van der Waals surface area contributed by atoms with Crippen molar-refractivity contribution in [3.63, 3.8) is 0 Å². The van der Waals surface area contributed by atoms with Gasteiger partial charge in [-0.2, -0.15) is 0 Å². The molecule has 2 amide bonds. The molecule has 1 N–H and O–H groups in total. The number of halogens is 1. The smallest absolute Gasteiger partial charge is 0.251 e. The van der Waals surface area contributed by atoms with Crippen molar-refractivity contribution in [2.45, 2.75) is 33.2 Å². The molecule has 0 bridgehead atoms. The SMILES string of the molecule is Cc1ccccc1N1CCN(C(=O)[C@H](CC(C)C)NC(=O)c2ccc(Cl)cc2)CC1. The standard InChI is InChI=1S/C24H30ClN3O2/c1-17(2)16-21(26-23(29)19-8-10-20(25)11-9-19)24(30)28-14-12-27(13-15-28)22-7-5-4-6-18(22)3/h4-11,17,21H,12-16H2,1-3H3,(H,26,29)/t21-/m0/s1. The summed E-state index contributed by atoms with van der Waals surface area (Å²) in [5.74, 6) is 0.0392. The van der Waals surface area contributed by atoms with Gasteiger partial charge in [0.1, 0.15) is 6.04 Å². The van der Waals surface area contributed by atoms with Crippen molar-refractivity contribution >= 4 is 29.1 Å². The van der Waals surface area contributed by atoms with E-state index in [-0.39, 0.29) is 17.7 Å². The van der Waals surface area contributed by atoms with E-state index in [4.69, 9.17) is 11.6 Å². The predicted octanol–water partition coefficient (Wildman–Crippen LogP) is 4.14. The Balaban J connectivity index is 1.64. The third-order valence-electron chi connectivity index (χ3n) is 5.46. The second kappa shape index (κ2) is 9.98. The minimum Gasteiger partial charge on any atom is -0.368 e. The average molecular weight is 428 g/mol. The van der Waals surface area contributed by atoms with E-state index < -0.39 is 6.04 Å². The van der Waals surface area contributed by atoms with Crippen LogP contribution in [0.5, 0.6) is 0 Å². The molecule has 1 heterocycles. The summed E-state index contributed by atoms with van der Waals surface area (Å²) in [4.78, 5) is 30.1. The maximum atomic E-state index is 13.2. The number of benzene rings is 2. The molecule has 0 aromatic heterocycles. The Kier molecular flexibility index (Phi) is 7.38. The fourth-order valence-electron chi connectivity index (χ4n) is 3.84. The van der Waals surface area contributed by atoms with Crippen LogP contribution in [0.2, 0.25) is 5.02 Å². The van der Waals surface area contributed by atoms with Crippen LogP contribution in [0.1, 0.15) is 36.2 Å². The quantitative estimate of drug-likeness (QED) is 0.753. The largest absolute Gasteiger partial charge is 0.368 e. The zero-order chi connectivity index (χ0) is 21.7. The highest BCUT2D eigenvalue weighted by molar-refractivity contribution is 6.30. The van der Waals surface area contributed by atoms with E-state index in [1.165, 1.54) is 11.3 Å². The van der Waals surface area contributed by atoms with Crippen molar-refractivity contribution in [3.05, 3.63) is 64.7 Å². The number of aryl methyl sites for hydroxylation is 1. The number of hydrogen-bond acceptors (Lipinski definition) is 3. The lowest BCUT2D eigenvalue weighted by Crippen LogP contribution is -2.55. The van der Waals surface area contributed by atoms with Crippen LogP contribution in [-0.2, 0) is 4.79 Å². The van der Waals surface area contributed by atoms with Gasteiger partial charge in [0.05, 0.1) is 0 Å². The highest BCUT2D eigenvalue weighted by Gasteiger charge is 2.29. The summed E-state index contributed by atoms with van der Waals surface area (Å²) in [6, 6.07) is 14.5. The Bertz CT molecular complexity index is 874. The molecule has 1 atom stereocenters. The fourth-order valence-corrected chi connectivity index (χ4v) is 3.97. The number of carbonyl (C=O) groups excluding carboxylic acids is 2. The molecule has 0 radical (unpaired) electrons. The molecule has 1 saturated heterocycles. The first-order chi connectivity index (χ1) is 14.3. The topological polar surface area (TPSA) is 52.6 Å². The molecule has 1 aliphatic rings. The number of piperazine rings is 1. The molecule has 160 valence electrons. The molecule has 5 nitrogen and oxygen atoms in total. The number of nitrogens with zero attached hydrogens (tertiary/aromatic N) is 2. The van der Waals surface area contributed by atoms with Gasteiger partial charge in [-0.3, -0.25) is 9.59 Å². The summed E-state index contributed by atoms with van der Waals surface area (Å²) in [7, 11) is 0. The number of rotatable bonds is 6. The van der Waals surface area contributed by atoms with Crippen LogP contribution in [0.25, 0.3) is 0 Å². The second-order valence-electron chi connectivity index (χ2n) is 8.26. The Hall–Kier alpha value is -2.53. The molecule has 0 saturated carbocycles. The molecule has 2 aromatic rings. The lowest BCUT2D eigenvalue weighted by Gasteiger charge is -2.38. The molecular formula is C24H30ClN3O2. The maximum Gasteiger partial charge on any atom is 0.251 e. The predicted molar refractivity (Wildman–Crippen MR) is 122 cm³/mol. The Morgan fingerprint density at radius 1 is 1.00 bits per heavy atom. The van der Waals surface area contributed by atoms with Crippen molar-refractivity contribution in [2.75, 3.05) is 31.1 Å². The molecule has 0 aliphatic carbocycles. The van der Waals surface area contributed by atoms with E-state index >= 15 is 0 Å². The monoisotopic (exact) mass is 427 g/mol. The number of para-hydroxylation sites is 1. The van der Waals surface area contributed by atoms with E-state index in [0.29, 0.717) is 30.1 Å². The highest BCUT2D eigenvalue weighted by atomic mass is 35.5. The molecule has 1 aliphatic heterocycles. The van der Waals surface area contributed by atoms with Gasteiger partial charge in [-0.05, 0) is 55.2 Å². The van der Waals surface area contributed by atoms with Crippen LogP contribution in [0.3, 0.4) is 0 Å². The summed E-state index contributed by atoms with van der Waals surface area (Å²) in [5, 5.41) is 3.52. The van der Waals surface area contributed by atoms with E-state index in [9.17, 15) is 9.59 Å². The Labute approximate surface area is 184 Å². The number of nitrogens with one attached hydrogen (secondary N) is 1. The van der Waals surface area contributed by atoms with Crippen molar-refractivity contribution < 1.29 is 9.59 Å². The first-order valence-electron chi connectivity index (χ1n) is 10.5. The van der Waals surface area contributed by atoms with Gasteiger partial charge >= 0.3 is 0 Å². The van der Waals surface area contributed by atoms with Gasteiger partial charge in [0.2, 0.25) is 5.91 Å². The van der Waals surface area contributed by atoms with Crippen LogP contribution in [0.4, 0.5) is 5.69 Å². The van der Waals surface area contributed by atoms with Gasteiger partial charge in [0, 0.05) is 42.5 Å². The van der Waals surface area contributed by atoms with Gasteiger partial charge < -0.3 is 15.1 Å². The molecule has 0 unspecified atom stereocenters. The summed E-state index contributed by atoms with van der Waals surface area (Å²) in [5.41, 5.74) is 2.97. The summed E-state index contributed by atoms with van der Waals surface area (Å²) >= 11 is 5.91. The lowest BCUT2D eigenvalue weighted by molar-refractivity contribution is -0.134. The second-order valence-corrected chi connectivity index (χ2v) is 8.70. The van der Waals surface area contributed by atoms with Gasteiger partial charge in [-0.25, -0.2) is 0 Å². The number of carbonyl (C=O) groups is 2.